The molecule has 0 unspecified atom stereocenters. The molecular formula is C8H12N2OS. The zero-order valence-corrected chi connectivity index (χ0v) is 7.86. The summed E-state index contributed by atoms with van der Waals surface area (Å²) in [5, 5.41) is 5.77. The highest BCUT2D eigenvalue weighted by Gasteiger charge is 1.98. The molecule has 1 amide bonds. The van der Waals surface area contributed by atoms with Crippen molar-refractivity contribution in [2.45, 2.75) is 19.8 Å². The highest BCUT2D eigenvalue weighted by molar-refractivity contribution is 7.09. The van der Waals surface area contributed by atoms with Gasteiger partial charge in [0.2, 0.25) is 6.41 Å². The van der Waals surface area contributed by atoms with Gasteiger partial charge in [-0.05, 0) is 6.42 Å². The van der Waals surface area contributed by atoms with Crippen LogP contribution in [0.4, 0.5) is 0 Å². The summed E-state index contributed by atoms with van der Waals surface area (Å²) in [6, 6.07) is 0. The average molecular weight is 184 g/mol. The molecule has 0 bridgehead atoms. The zero-order chi connectivity index (χ0) is 8.81. The van der Waals surface area contributed by atoms with Gasteiger partial charge in [-0.2, -0.15) is 0 Å². The number of aryl methyl sites for hydroxylation is 1. The van der Waals surface area contributed by atoms with Crippen LogP contribution in [0.5, 0.6) is 0 Å². The maximum Gasteiger partial charge on any atom is 0.207 e. The van der Waals surface area contributed by atoms with E-state index in [0.29, 0.717) is 13.0 Å². The standard InChI is InChI=1S/C8H12N2OS/c1-2-7-5-12-8(10-7)3-4-9-6-11/h5-6H,2-4H2,1H3,(H,9,11). The predicted octanol–water partition coefficient (Wildman–Crippen LogP) is 0.994. The second-order valence-corrected chi connectivity index (χ2v) is 3.35. The first-order chi connectivity index (χ1) is 5.86. The Morgan fingerprint density at radius 3 is 3.17 bits per heavy atom. The maximum atomic E-state index is 9.93. The predicted molar refractivity (Wildman–Crippen MR) is 49.3 cm³/mol. The Labute approximate surface area is 75.8 Å². The third-order valence-corrected chi connectivity index (χ3v) is 2.49. The molecule has 0 radical (unpaired) electrons. The van der Waals surface area contributed by atoms with Crippen molar-refractivity contribution in [2.24, 2.45) is 0 Å². The SMILES string of the molecule is CCc1csc(CCNC=O)n1. The highest BCUT2D eigenvalue weighted by Crippen LogP contribution is 2.09. The summed E-state index contributed by atoms with van der Waals surface area (Å²) in [5.74, 6) is 0. The molecule has 1 aromatic heterocycles. The summed E-state index contributed by atoms with van der Waals surface area (Å²) in [7, 11) is 0. The second kappa shape index (κ2) is 4.87. The van der Waals surface area contributed by atoms with Crippen LogP contribution in [0.2, 0.25) is 0 Å². The first kappa shape index (κ1) is 9.19. The fourth-order valence-corrected chi connectivity index (χ4v) is 1.75. The van der Waals surface area contributed by atoms with Gasteiger partial charge in [-0.15, -0.1) is 11.3 Å². The van der Waals surface area contributed by atoms with Crippen molar-refractivity contribution >= 4 is 17.7 Å². The maximum absolute atomic E-state index is 9.93. The van der Waals surface area contributed by atoms with Gasteiger partial charge in [0, 0.05) is 18.3 Å². The molecule has 0 atom stereocenters. The van der Waals surface area contributed by atoms with Crippen LogP contribution in [0.25, 0.3) is 0 Å². The second-order valence-electron chi connectivity index (χ2n) is 2.41. The number of aromatic nitrogens is 1. The monoisotopic (exact) mass is 184 g/mol. The molecular weight excluding hydrogens is 172 g/mol. The van der Waals surface area contributed by atoms with E-state index in [1.165, 1.54) is 0 Å². The number of nitrogens with one attached hydrogen (secondary N) is 1. The van der Waals surface area contributed by atoms with E-state index in [0.717, 1.165) is 23.5 Å². The van der Waals surface area contributed by atoms with Crippen LogP contribution in [0, 0.1) is 0 Å². The van der Waals surface area contributed by atoms with Crippen LogP contribution < -0.4 is 5.32 Å². The van der Waals surface area contributed by atoms with Crippen molar-refractivity contribution in [2.75, 3.05) is 6.54 Å². The molecule has 0 spiro atoms. The van der Waals surface area contributed by atoms with Crippen molar-refractivity contribution in [1.82, 2.24) is 10.3 Å². The lowest BCUT2D eigenvalue weighted by molar-refractivity contribution is -0.109. The van der Waals surface area contributed by atoms with Crippen LogP contribution >= 0.6 is 11.3 Å². The lowest BCUT2D eigenvalue weighted by Crippen LogP contribution is -2.14. The third kappa shape index (κ3) is 2.62. The first-order valence-corrected chi connectivity index (χ1v) is 4.85. The van der Waals surface area contributed by atoms with E-state index in [-0.39, 0.29) is 0 Å². The number of nitrogens with zero attached hydrogens (tertiary/aromatic N) is 1. The van der Waals surface area contributed by atoms with Gasteiger partial charge in [0.1, 0.15) is 0 Å². The van der Waals surface area contributed by atoms with E-state index >= 15 is 0 Å². The number of rotatable bonds is 5. The minimum atomic E-state index is 0.681. The molecule has 0 aliphatic carbocycles. The number of hydrogen-bond acceptors (Lipinski definition) is 3. The number of carbonyl (C=O) groups is 1. The number of hydrogen-bond donors (Lipinski definition) is 1. The van der Waals surface area contributed by atoms with Gasteiger partial charge in [0.05, 0.1) is 10.7 Å². The minimum Gasteiger partial charge on any atom is -0.358 e. The van der Waals surface area contributed by atoms with Gasteiger partial charge < -0.3 is 5.32 Å². The van der Waals surface area contributed by atoms with Crippen LogP contribution in [-0.2, 0) is 17.6 Å². The number of carbonyl (C=O) groups excluding carboxylic acids is 1. The Kier molecular flexibility index (Phi) is 3.73. The summed E-state index contributed by atoms with van der Waals surface area (Å²) in [6.45, 7) is 2.77. The molecule has 12 heavy (non-hydrogen) atoms. The normalized spacial score (nSPS) is 9.75. The van der Waals surface area contributed by atoms with E-state index in [1.54, 1.807) is 11.3 Å². The van der Waals surface area contributed by atoms with Gasteiger partial charge in [0.15, 0.2) is 0 Å². The summed E-state index contributed by atoms with van der Waals surface area (Å²) in [6.07, 6.45) is 2.54. The van der Waals surface area contributed by atoms with Gasteiger partial charge in [-0.3, -0.25) is 4.79 Å². The van der Waals surface area contributed by atoms with Gasteiger partial charge in [-0.1, -0.05) is 6.92 Å². The van der Waals surface area contributed by atoms with E-state index < -0.39 is 0 Å². The van der Waals surface area contributed by atoms with Crippen LogP contribution in [-0.4, -0.2) is 17.9 Å². The smallest absolute Gasteiger partial charge is 0.207 e. The lowest BCUT2D eigenvalue weighted by Gasteiger charge is -1.93. The Hall–Kier alpha value is -0.900. The van der Waals surface area contributed by atoms with Crippen LogP contribution in [0.3, 0.4) is 0 Å². The summed E-state index contributed by atoms with van der Waals surface area (Å²) in [5.41, 5.74) is 1.14. The largest absolute Gasteiger partial charge is 0.358 e. The molecule has 1 heterocycles. The van der Waals surface area contributed by atoms with E-state index in [9.17, 15) is 4.79 Å². The fraction of sp³-hybridized carbons (Fsp3) is 0.500. The molecule has 1 N–H and O–H groups in total. The number of amides is 1. The van der Waals surface area contributed by atoms with Crippen molar-refractivity contribution in [1.29, 1.82) is 0 Å². The quantitative estimate of drug-likeness (QED) is 0.548. The average Bonchev–Trinajstić information content (AvgIpc) is 2.53. The van der Waals surface area contributed by atoms with Gasteiger partial charge in [-0.25, -0.2) is 4.98 Å². The third-order valence-electron chi connectivity index (χ3n) is 1.53. The van der Waals surface area contributed by atoms with Crippen molar-refractivity contribution < 1.29 is 4.79 Å². The Bertz CT molecular complexity index is 247. The minimum absolute atomic E-state index is 0.681. The van der Waals surface area contributed by atoms with E-state index in [2.05, 4.69) is 22.6 Å². The molecule has 1 rings (SSSR count). The molecule has 0 saturated heterocycles. The van der Waals surface area contributed by atoms with E-state index in [1.807, 2.05) is 0 Å². The van der Waals surface area contributed by atoms with Crippen LogP contribution in [0.1, 0.15) is 17.6 Å². The summed E-state index contributed by atoms with van der Waals surface area (Å²) in [4.78, 5) is 14.3. The molecule has 3 nitrogen and oxygen atoms in total. The molecule has 4 heteroatoms. The summed E-state index contributed by atoms with van der Waals surface area (Å²) >= 11 is 1.66. The zero-order valence-electron chi connectivity index (χ0n) is 7.04. The van der Waals surface area contributed by atoms with Crippen molar-refractivity contribution in [3.8, 4) is 0 Å². The first-order valence-electron chi connectivity index (χ1n) is 3.97. The Morgan fingerprint density at radius 1 is 1.75 bits per heavy atom. The van der Waals surface area contributed by atoms with E-state index in [4.69, 9.17) is 0 Å². The highest BCUT2D eigenvalue weighted by atomic mass is 32.1. The van der Waals surface area contributed by atoms with Gasteiger partial charge >= 0.3 is 0 Å². The topological polar surface area (TPSA) is 42.0 Å². The van der Waals surface area contributed by atoms with Gasteiger partial charge in [0.25, 0.3) is 0 Å². The molecule has 1 aromatic rings. The molecule has 0 saturated carbocycles. The molecule has 0 aliphatic heterocycles. The molecule has 66 valence electrons. The molecule has 0 aromatic carbocycles. The lowest BCUT2D eigenvalue weighted by atomic mass is 10.4. The van der Waals surface area contributed by atoms with Crippen molar-refractivity contribution in [3.05, 3.63) is 16.1 Å². The Balaban J connectivity index is 2.36. The molecule has 0 aliphatic rings. The fourth-order valence-electron chi connectivity index (χ4n) is 0.864. The Morgan fingerprint density at radius 2 is 2.58 bits per heavy atom. The van der Waals surface area contributed by atoms with Crippen LogP contribution in [0.15, 0.2) is 5.38 Å². The molecule has 0 fully saturated rings. The summed E-state index contributed by atoms with van der Waals surface area (Å²) < 4.78 is 0. The van der Waals surface area contributed by atoms with Crippen molar-refractivity contribution in [3.63, 3.8) is 0 Å². The number of thiazole rings is 1.